The van der Waals surface area contributed by atoms with Gasteiger partial charge in [0.2, 0.25) is 0 Å². The van der Waals surface area contributed by atoms with E-state index in [1.54, 1.807) is 36.9 Å². The van der Waals surface area contributed by atoms with Crippen molar-refractivity contribution in [2.45, 2.75) is 32.9 Å². The van der Waals surface area contributed by atoms with Crippen LogP contribution in [-0.4, -0.2) is 21.9 Å². The topological polar surface area (TPSA) is 99.4 Å². The minimum absolute atomic E-state index is 0.161. The van der Waals surface area contributed by atoms with E-state index in [2.05, 4.69) is 4.98 Å². The Morgan fingerprint density at radius 1 is 1.03 bits per heavy atom. The number of anilines is 1. The van der Waals surface area contributed by atoms with Crippen molar-refractivity contribution in [2.24, 2.45) is 5.73 Å². The van der Waals surface area contributed by atoms with Gasteiger partial charge in [0.25, 0.3) is 11.8 Å². The zero-order chi connectivity index (χ0) is 26.9. The van der Waals surface area contributed by atoms with E-state index in [1.807, 2.05) is 49.4 Å². The normalized spacial score (nSPS) is 13.5. The van der Waals surface area contributed by atoms with Crippen LogP contribution in [0.2, 0.25) is 0 Å². The Balaban J connectivity index is 1.57. The highest BCUT2D eigenvalue weighted by Gasteiger charge is 2.32. The zero-order valence-electron chi connectivity index (χ0n) is 21.2. The van der Waals surface area contributed by atoms with Crippen molar-refractivity contribution in [3.8, 4) is 11.1 Å². The number of carbonyl (C=O) groups excluding carboxylic acids is 2. The number of hydrogen-bond acceptors (Lipinski definition) is 3. The molecule has 0 atom stereocenters. The van der Waals surface area contributed by atoms with Crippen LogP contribution in [0.3, 0.4) is 0 Å². The monoisotopic (exact) mass is 507 g/mol. The first-order valence-electron chi connectivity index (χ1n) is 12.4. The number of amides is 2. The molecule has 1 aromatic heterocycles. The lowest BCUT2D eigenvalue weighted by Gasteiger charge is -2.21. The first kappa shape index (κ1) is 23.9. The van der Waals surface area contributed by atoms with Crippen molar-refractivity contribution in [2.75, 3.05) is 4.90 Å². The van der Waals surface area contributed by atoms with Gasteiger partial charge in [0.05, 0.1) is 23.2 Å². The predicted molar refractivity (Wildman–Crippen MR) is 147 cm³/mol. The number of fused-ring (bicyclic) bond motifs is 4. The van der Waals surface area contributed by atoms with E-state index in [1.165, 1.54) is 6.07 Å². The van der Waals surface area contributed by atoms with Crippen LogP contribution in [0.1, 0.15) is 51.3 Å². The average Bonchev–Trinajstić information content (AvgIpc) is 3.42. The van der Waals surface area contributed by atoms with Crippen LogP contribution in [0.4, 0.5) is 10.1 Å². The summed E-state index contributed by atoms with van der Waals surface area (Å²) in [5.74, 6) is -1.18. The average molecular weight is 508 g/mol. The van der Waals surface area contributed by atoms with E-state index in [4.69, 9.17) is 5.73 Å². The van der Waals surface area contributed by atoms with E-state index >= 15 is 0 Å². The van der Waals surface area contributed by atoms with Gasteiger partial charge in [-0.15, -0.1) is 0 Å². The van der Waals surface area contributed by atoms with Crippen LogP contribution in [0.25, 0.3) is 32.9 Å². The molecule has 0 bridgehead atoms. The zero-order valence-corrected chi connectivity index (χ0v) is 21.2. The van der Waals surface area contributed by atoms with Gasteiger partial charge < -0.3 is 20.7 Å². The van der Waals surface area contributed by atoms with E-state index < -0.39 is 11.5 Å². The van der Waals surface area contributed by atoms with Crippen molar-refractivity contribution < 1.29 is 19.1 Å². The number of H-pyrrole nitrogens is 1. The lowest BCUT2D eigenvalue weighted by Crippen LogP contribution is -2.24. The minimum Gasteiger partial charge on any atom is -0.386 e. The number of primary amides is 1. The van der Waals surface area contributed by atoms with Gasteiger partial charge in [0.1, 0.15) is 5.82 Å². The summed E-state index contributed by atoms with van der Waals surface area (Å²) in [5.41, 5.74) is 11.2. The molecule has 1 aliphatic heterocycles. The Hall–Kier alpha value is -4.49. The first-order chi connectivity index (χ1) is 18.1. The van der Waals surface area contributed by atoms with E-state index in [9.17, 15) is 19.1 Å². The number of rotatable bonds is 4. The highest BCUT2D eigenvalue weighted by atomic mass is 19.1. The predicted octanol–water partition coefficient (Wildman–Crippen LogP) is 5.92. The van der Waals surface area contributed by atoms with Crippen LogP contribution < -0.4 is 10.6 Å². The molecule has 38 heavy (non-hydrogen) atoms. The van der Waals surface area contributed by atoms with Crippen molar-refractivity contribution in [3.63, 3.8) is 0 Å². The molecule has 2 heterocycles. The number of hydrogen-bond donors (Lipinski definition) is 3. The number of aliphatic hydroxyl groups is 1. The standard InChI is InChI=1S/C31H26FN3O3/c1-16-18(6-5-9-26(16)35-15-23-20(30(35)37)7-4-8-24(23)32)19-12-13-22(29(33)36)28-27(19)21-11-10-17(31(2,3)38)14-25(21)34-28/h4-14,34,38H,15H2,1-3H3,(H2,33,36). The smallest absolute Gasteiger partial charge is 0.259 e. The molecule has 190 valence electrons. The number of nitrogens with one attached hydrogen (secondary N) is 1. The summed E-state index contributed by atoms with van der Waals surface area (Å²) < 4.78 is 14.5. The molecule has 6 rings (SSSR count). The Morgan fingerprint density at radius 3 is 2.47 bits per heavy atom. The lowest BCUT2D eigenvalue weighted by molar-refractivity contribution is 0.0787. The van der Waals surface area contributed by atoms with E-state index in [-0.39, 0.29) is 18.3 Å². The fourth-order valence-electron chi connectivity index (χ4n) is 5.52. The molecule has 7 heteroatoms. The number of benzene rings is 4. The molecule has 4 N–H and O–H groups in total. The molecule has 1 aliphatic rings. The molecule has 0 saturated carbocycles. The molecule has 4 aromatic carbocycles. The maximum atomic E-state index is 14.5. The second kappa shape index (κ2) is 8.26. The van der Waals surface area contributed by atoms with Crippen molar-refractivity contribution in [3.05, 3.63) is 100 Å². The number of aromatic amines is 1. The number of aromatic nitrogens is 1. The maximum Gasteiger partial charge on any atom is 0.259 e. The highest BCUT2D eigenvalue weighted by molar-refractivity contribution is 6.20. The third-order valence-corrected chi connectivity index (χ3v) is 7.52. The van der Waals surface area contributed by atoms with Gasteiger partial charge in [0, 0.05) is 33.1 Å². The van der Waals surface area contributed by atoms with Crippen LogP contribution >= 0.6 is 0 Å². The molecule has 0 saturated heterocycles. The molecule has 6 nitrogen and oxygen atoms in total. The fraction of sp³-hybridized carbons (Fsp3) is 0.161. The molecular formula is C31H26FN3O3. The van der Waals surface area contributed by atoms with Crippen LogP contribution in [0, 0.1) is 12.7 Å². The van der Waals surface area contributed by atoms with E-state index in [0.717, 1.165) is 38.5 Å². The summed E-state index contributed by atoms with van der Waals surface area (Å²) in [7, 11) is 0. The van der Waals surface area contributed by atoms with Gasteiger partial charge in [-0.3, -0.25) is 9.59 Å². The van der Waals surface area contributed by atoms with Gasteiger partial charge in [-0.2, -0.15) is 0 Å². The Morgan fingerprint density at radius 2 is 1.76 bits per heavy atom. The second-order valence-electron chi connectivity index (χ2n) is 10.3. The van der Waals surface area contributed by atoms with Gasteiger partial charge in [0.15, 0.2) is 0 Å². The molecule has 5 aromatic rings. The Bertz CT molecular complexity index is 1810. The van der Waals surface area contributed by atoms with E-state index in [0.29, 0.717) is 27.9 Å². The number of halogens is 1. The number of nitrogens with zero attached hydrogens (tertiary/aromatic N) is 1. The Labute approximate surface area is 218 Å². The maximum absolute atomic E-state index is 14.5. The van der Waals surface area contributed by atoms with Crippen LogP contribution in [0.5, 0.6) is 0 Å². The van der Waals surface area contributed by atoms with Gasteiger partial charge in [-0.25, -0.2) is 4.39 Å². The summed E-state index contributed by atoms with van der Waals surface area (Å²) in [6.07, 6.45) is 0. The molecule has 0 unspecified atom stereocenters. The highest BCUT2D eigenvalue weighted by Crippen LogP contribution is 2.41. The minimum atomic E-state index is -1.04. The molecule has 0 aliphatic carbocycles. The van der Waals surface area contributed by atoms with Crippen LogP contribution in [-0.2, 0) is 12.1 Å². The third kappa shape index (κ3) is 3.50. The second-order valence-corrected chi connectivity index (χ2v) is 10.3. The fourth-order valence-corrected chi connectivity index (χ4v) is 5.52. The Kier molecular flexibility index (Phi) is 5.19. The van der Waals surface area contributed by atoms with Gasteiger partial charge in [-0.05, 0) is 73.4 Å². The number of nitrogens with two attached hydrogens (primary N) is 1. The van der Waals surface area contributed by atoms with Crippen molar-refractivity contribution >= 4 is 39.3 Å². The molecular weight excluding hydrogens is 481 g/mol. The molecule has 0 spiro atoms. The summed E-state index contributed by atoms with van der Waals surface area (Å²) in [5, 5.41) is 12.2. The largest absolute Gasteiger partial charge is 0.386 e. The van der Waals surface area contributed by atoms with Gasteiger partial charge in [-0.1, -0.05) is 36.4 Å². The van der Waals surface area contributed by atoms with Crippen molar-refractivity contribution in [1.29, 1.82) is 0 Å². The summed E-state index contributed by atoms with van der Waals surface area (Å²) >= 11 is 0. The molecule has 2 amide bonds. The molecule has 0 radical (unpaired) electrons. The molecule has 0 fully saturated rings. The lowest BCUT2D eigenvalue weighted by atomic mass is 9.92. The summed E-state index contributed by atoms with van der Waals surface area (Å²) in [6, 6.07) is 19.5. The van der Waals surface area contributed by atoms with Gasteiger partial charge >= 0.3 is 0 Å². The number of carbonyl (C=O) groups is 2. The first-order valence-corrected chi connectivity index (χ1v) is 12.4. The summed E-state index contributed by atoms with van der Waals surface area (Å²) in [6.45, 7) is 5.53. The quantitative estimate of drug-likeness (QED) is 0.281. The third-order valence-electron chi connectivity index (χ3n) is 7.52. The summed E-state index contributed by atoms with van der Waals surface area (Å²) in [4.78, 5) is 30.5. The van der Waals surface area contributed by atoms with Crippen LogP contribution in [0.15, 0.2) is 66.7 Å². The SMILES string of the molecule is Cc1c(-c2ccc(C(N)=O)c3[nH]c4cc(C(C)(C)O)ccc4c23)cccc1N1Cc2c(F)cccc2C1=O. The van der Waals surface area contributed by atoms with Crippen molar-refractivity contribution in [1.82, 2.24) is 4.98 Å².